The summed E-state index contributed by atoms with van der Waals surface area (Å²) >= 11 is 0. The van der Waals surface area contributed by atoms with Crippen molar-refractivity contribution in [2.45, 2.75) is 0 Å². The molecule has 0 spiro atoms. The summed E-state index contributed by atoms with van der Waals surface area (Å²) in [6, 6.07) is 0. The van der Waals surface area contributed by atoms with E-state index in [9.17, 15) is 4.79 Å². The topological polar surface area (TPSA) is 76.5 Å². The van der Waals surface area contributed by atoms with Gasteiger partial charge >= 0.3 is 0 Å². The van der Waals surface area contributed by atoms with E-state index >= 15 is 0 Å². The van der Waals surface area contributed by atoms with E-state index in [0.717, 1.165) is 0 Å². The van der Waals surface area contributed by atoms with Gasteiger partial charge in [-0.1, -0.05) is 0 Å². The minimum atomic E-state index is -0.0894. The van der Waals surface area contributed by atoms with Crippen molar-refractivity contribution < 1.29 is 4.79 Å². The van der Waals surface area contributed by atoms with E-state index in [0.29, 0.717) is 24.2 Å². The predicted molar refractivity (Wildman–Crippen MR) is 59.0 cm³/mol. The Kier molecular flexibility index (Phi) is 2.82. The molecule has 0 radical (unpaired) electrons. The molecule has 0 aliphatic heterocycles. The number of amides is 1. The van der Waals surface area contributed by atoms with Gasteiger partial charge in [-0.25, -0.2) is 4.52 Å². The molecule has 0 bridgehead atoms. The third-order valence-corrected chi connectivity index (χ3v) is 2.37. The largest absolute Gasteiger partial charge is 0.340 e. The molecule has 0 unspecified atom stereocenters. The average Bonchev–Trinajstić information content (AvgIpc) is 2.72. The zero-order chi connectivity index (χ0) is 11.5. The van der Waals surface area contributed by atoms with E-state index < -0.39 is 0 Å². The second-order valence-electron chi connectivity index (χ2n) is 3.48. The number of carbonyl (C=O) groups excluding carboxylic acids is 1. The molecule has 6 heteroatoms. The summed E-state index contributed by atoms with van der Waals surface area (Å²) in [6.07, 6.45) is 6.50. The van der Waals surface area contributed by atoms with Crippen molar-refractivity contribution in [2.75, 3.05) is 20.1 Å². The number of hydrogen-bond acceptors (Lipinski definition) is 4. The number of nitrogens with zero attached hydrogens (tertiary/aromatic N) is 4. The quantitative estimate of drug-likeness (QED) is 0.773. The Labute approximate surface area is 92.7 Å². The second kappa shape index (κ2) is 4.28. The van der Waals surface area contributed by atoms with Gasteiger partial charge in [-0.05, 0) is 0 Å². The van der Waals surface area contributed by atoms with Crippen LogP contribution in [0.25, 0.3) is 5.52 Å². The maximum Gasteiger partial charge on any atom is 0.257 e. The van der Waals surface area contributed by atoms with Gasteiger partial charge < -0.3 is 10.6 Å². The number of hydrogen-bond donors (Lipinski definition) is 1. The SMILES string of the molecule is CN(CCN)C(=O)c1cnn2ccncc12. The maximum absolute atomic E-state index is 12.0. The van der Waals surface area contributed by atoms with Crippen LogP contribution in [0.3, 0.4) is 0 Å². The predicted octanol–water partition coefficient (Wildman–Crippen LogP) is -0.240. The maximum atomic E-state index is 12.0. The Morgan fingerprint density at radius 1 is 1.56 bits per heavy atom. The molecule has 0 saturated carbocycles. The molecule has 2 heterocycles. The Morgan fingerprint density at radius 3 is 3.12 bits per heavy atom. The van der Waals surface area contributed by atoms with Crippen LogP contribution in [0.2, 0.25) is 0 Å². The van der Waals surface area contributed by atoms with Crippen LogP contribution in [0.5, 0.6) is 0 Å². The van der Waals surface area contributed by atoms with Gasteiger partial charge in [0.2, 0.25) is 0 Å². The van der Waals surface area contributed by atoms with Gasteiger partial charge in [0.1, 0.15) is 0 Å². The first kappa shape index (κ1) is 10.6. The van der Waals surface area contributed by atoms with Gasteiger partial charge in [0, 0.05) is 32.5 Å². The van der Waals surface area contributed by atoms with Gasteiger partial charge in [0.25, 0.3) is 5.91 Å². The van der Waals surface area contributed by atoms with Gasteiger partial charge in [0.15, 0.2) is 0 Å². The molecule has 2 N–H and O–H groups in total. The molecule has 0 atom stereocenters. The lowest BCUT2D eigenvalue weighted by Gasteiger charge is -2.14. The van der Waals surface area contributed by atoms with Crippen molar-refractivity contribution in [3.05, 3.63) is 30.4 Å². The first-order valence-corrected chi connectivity index (χ1v) is 4.97. The summed E-state index contributed by atoms with van der Waals surface area (Å²) in [4.78, 5) is 17.5. The molecule has 84 valence electrons. The minimum absolute atomic E-state index is 0.0894. The van der Waals surface area contributed by atoms with Crippen LogP contribution >= 0.6 is 0 Å². The summed E-state index contributed by atoms with van der Waals surface area (Å²) in [5, 5.41) is 4.08. The van der Waals surface area contributed by atoms with E-state index in [1.165, 1.54) is 0 Å². The normalized spacial score (nSPS) is 10.6. The van der Waals surface area contributed by atoms with Crippen molar-refractivity contribution in [3.8, 4) is 0 Å². The Hall–Kier alpha value is -1.95. The third kappa shape index (κ3) is 1.74. The summed E-state index contributed by atoms with van der Waals surface area (Å²) in [5.74, 6) is -0.0894. The molecule has 0 saturated heterocycles. The van der Waals surface area contributed by atoms with Gasteiger partial charge in [-0.3, -0.25) is 9.78 Å². The van der Waals surface area contributed by atoms with Crippen molar-refractivity contribution in [1.29, 1.82) is 0 Å². The van der Waals surface area contributed by atoms with Gasteiger partial charge in [0.05, 0.1) is 23.5 Å². The summed E-state index contributed by atoms with van der Waals surface area (Å²) in [6.45, 7) is 0.968. The summed E-state index contributed by atoms with van der Waals surface area (Å²) in [7, 11) is 1.72. The molecule has 1 amide bonds. The Bertz CT molecular complexity index is 507. The van der Waals surface area contributed by atoms with E-state index in [-0.39, 0.29) is 5.91 Å². The third-order valence-electron chi connectivity index (χ3n) is 2.37. The standard InChI is InChI=1S/C10H13N5O/c1-14(4-2-11)10(16)8-6-13-15-5-3-12-7-9(8)15/h3,5-7H,2,4,11H2,1H3. The molecule has 0 aromatic carbocycles. The molecule has 0 aliphatic rings. The van der Waals surface area contributed by atoms with Crippen LogP contribution in [0.1, 0.15) is 10.4 Å². The van der Waals surface area contributed by atoms with Crippen LogP contribution in [0.4, 0.5) is 0 Å². The van der Waals surface area contributed by atoms with Crippen LogP contribution < -0.4 is 5.73 Å². The van der Waals surface area contributed by atoms with Crippen LogP contribution in [-0.4, -0.2) is 45.5 Å². The van der Waals surface area contributed by atoms with Crippen LogP contribution in [0, 0.1) is 0 Å². The van der Waals surface area contributed by atoms with E-state index in [1.54, 1.807) is 41.3 Å². The number of carbonyl (C=O) groups is 1. The number of aromatic nitrogens is 3. The first-order valence-electron chi connectivity index (χ1n) is 4.97. The van der Waals surface area contributed by atoms with Crippen LogP contribution in [-0.2, 0) is 0 Å². The molecular formula is C10H13N5O. The van der Waals surface area contributed by atoms with E-state index in [2.05, 4.69) is 10.1 Å². The Morgan fingerprint density at radius 2 is 2.38 bits per heavy atom. The number of rotatable bonds is 3. The first-order chi connectivity index (χ1) is 7.74. The molecule has 0 fully saturated rings. The molecule has 2 rings (SSSR count). The summed E-state index contributed by atoms with van der Waals surface area (Å²) < 4.78 is 1.62. The molecular weight excluding hydrogens is 206 g/mol. The van der Waals surface area contributed by atoms with Gasteiger partial charge in [-0.15, -0.1) is 0 Å². The van der Waals surface area contributed by atoms with Crippen molar-refractivity contribution in [3.63, 3.8) is 0 Å². The highest BCUT2D eigenvalue weighted by Gasteiger charge is 2.15. The lowest BCUT2D eigenvalue weighted by molar-refractivity contribution is 0.0801. The van der Waals surface area contributed by atoms with Crippen molar-refractivity contribution in [1.82, 2.24) is 19.5 Å². The van der Waals surface area contributed by atoms with E-state index in [4.69, 9.17) is 5.73 Å². The van der Waals surface area contributed by atoms with Crippen molar-refractivity contribution >= 4 is 11.4 Å². The molecule has 2 aromatic rings. The number of likely N-dealkylation sites (N-methyl/N-ethyl adjacent to an activating group) is 1. The highest BCUT2D eigenvalue weighted by atomic mass is 16.2. The van der Waals surface area contributed by atoms with E-state index in [1.807, 2.05) is 0 Å². The molecule has 6 nitrogen and oxygen atoms in total. The number of nitrogens with two attached hydrogens (primary N) is 1. The minimum Gasteiger partial charge on any atom is -0.340 e. The fraction of sp³-hybridized carbons (Fsp3) is 0.300. The average molecular weight is 219 g/mol. The number of fused-ring (bicyclic) bond motifs is 1. The highest BCUT2D eigenvalue weighted by molar-refractivity contribution is 6.00. The molecule has 0 aliphatic carbocycles. The van der Waals surface area contributed by atoms with Crippen LogP contribution in [0.15, 0.2) is 24.8 Å². The highest BCUT2D eigenvalue weighted by Crippen LogP contribution is 2.10. The fourth-order valence-corrected chi connectivity index (χ4v) is 1.50. The zero-order valence-electron chi connectivity index (χ0n) is 9.00. The lowest BCUT2D eigenvalue weighted by Crippen LogP contribution is -2.31. The lowest BCUT2D eigenvalue weighted by atomic mass is 10.2. The fourth-order valence-electron chi connectivity index (χ4n) is 1.50. The zero-order valence-corrected chi connectivity index (χ0v) is 9.00. The smallest absolute Gasteiger partial charge is 0.257 e. The monoisotopic (exact) mass is 219 g/mol. The molecule has 16 heavy (non-hydrogen) atoms. The summed E-state index contributed by atoms with van der Waals surface area (Å²) in [5.41, 5.74) is 6.66. The van der Waals surface area contributed by atoms with Crippen molar-refractivity contribution in [2.24, 2.45) is 5.73 Å². The second-order valence-corrected chi connectivity index (χ2v) is 3.48. The Balaban J connectivity index is 2.36. The van der Waals surface area contributed by atoms with Gasteiger partial charge in [-0.2, -0.15) is 5.10 Å². The molecule has 2 aromatic heterocycles.